The molecule has 0 aliphatic carbocycles. The minimum Gasteiger partial charge on any atom is -0.464 e. The van der Waals surface area contributed by atoms with Gasteiger partial charge in [-0.3, -0.25) is 4.79 Å². The molecule has 0 saturated heterocycles. The van der Waals surface area contributed by atoms with Gasteiger partial charge in [0.1, 0.15) is 11.3 Å². The fraction of sp³-hybridized carbons (Fsp3) is 0.353. The van der Waals surface area contributed by atoms with Gasteiger partial charge in [0.05, 0.1) is 7.11 Å². The van der Waals surface area contributed by atoms with Crippen LogP contribution in [0.1, 0.15) is 38.1 Å². The van der Waals surface area contributed by atoms with E-state index in [-0.39, 0.29) is 11.3 Å². The zero-order valence-corrected chi connectivity index (χ0v) is 14.0. The zero-order valence-electron chi connectivity index (χ0n) is 14.0. The number of methoxy groups -OCH3 is 1. The van der Waals surface area contributed by atoms with Crippen molar-refractivity contribution in [2.75, 3.05) is 7.11 Å². The third kappa shape index (κ3) is 4.95. The van der Waals surface area contributed by atoms with Gasteiger partial charge < -0.3 is 9.47 Å². The molecule has 0 unspecified atom stereocenters. The molecule has 0 N–H and O–H groups in total. The molecule has 124 valence electrons. The second-order valence-corrected chi connectivity index (χ2v) is 5.65. The fourth-order valence-corrected chi connectivity index (χ4v) is 1.75. The first-order valence-corrected chi connectivity index (χ1v) is 7.08. The molecule has 23 heavy (non-hydrogen) atoms. The standard InChI is InChI=1S/C17H21NO5/c1-6-13(15(20)22-5)18(16(21)23-17(2,3)4)14(19)12-10-8-7-9-11-12/h6-11H,1-5H3/b13-6+. The highest BCUT2D eigenvalue weighted by atomic mass is 16.6. The van der Waals surface area contributed by atoms with Gasteiger partial charge in [0.25, 0.3) is 5.91 Å². The normalized spacial score (nSPS) is 11.6. The van der Waals surface area contributed by atoms with Crippen molar-refractivity contribution in [3.63, 3.8) is 0 Å². The van der Waals surface area contributed by atoms with Gasteiger partial charge in [-0.1, -0.05) is 24.3 Å². The van der Waals surface area contributed by atoms with Crippen molar-refractivity contribution in [3.05, 3.63) is 47.7 Å². The lowest BCUT2D eigenvalue weighted by Gasteiger charge is -2.26. The smallest absolute Gasteiger partial charge is 0.422 e. The molecule has 1 aromatic carbocycles. The van der Waals surface area contributed by atoms with Crippen LogP contribution in [0.4, 0.5) is 4.79 Å². The molecule has 0 aliphatic rings. The molecular weight excluding hydrogens is 298 g/mol. The van der Waals surface area contributed by atoms with E-state index < -0.39 is 23.6 Å². The highest BCUT2D eigenvalue weighted by molar-refractivity contribution is 6.09. The van der Waals surface area contributed by atoms with Crippen LogP contribution in [-0.2, 0) is 14.3 Å². The number of hydrogen-bond donors (Lipinski definition) is 0. The lowest BCUT2D eigenvalue weighted by atomic mass is 10.2. The van der Waals surface area contributed by atoms with Crippen molar-refractivity contribution in [3.8, 4) is 0 Å². The number of carbonyl (C=O) groups excluding carboxylic acids is 3. The van der Waals surface area contributed by atoms with Gasteiger partial charge in [-0.2, -0.15) is 0 Å². The first-order valence-electron chi connectivity index (χ1n) is 7.08. The Morgan fingerprint density at radius 2 is 1.65 bits per heavy atom. The molecule has 0 spiro atoms. The lowest BCUT2D eigenvalue weighted by Crippen LogP contribution is -2.42. The van der Waals surface area contributed by atoms with Gasteiger partial charge in [0.2, 0.25) is 0 Å². The van der Waals surface area contributed by atoms with E-state index in [2.05, 4.69) is 4.74 Å². The van der Waals surface area contributed by atoms with Gasteiger partial charge in [-0.15, -0.1) is 0 Å². The van der Waals surface area contributed by atoms with Crippen molar-refractivity contribution in [1.82, 2.24) is 4.90 Å². The molecule has 0 aliphatic heterocycles. The molecule has 2 amide bonds. The summed E-state index contributed by atoms with van der Waals surface area (Å²) in [6.45, 7) is 6.54. The number of ether oxygens (including phenoxy) is 2. The Morgan fingerprint density at radius 3 is 2.09 bits per heavy atom. The number of benzene rings is 1. The molecule has 0 radical (unpaired) electrons. The average Bonchev–Trinajstić information content (AvgIpc) is 2.50. The van der Waals surface area contributed by atoms with Crippen LogP contribution < -0.4 is 0 Å². The van der Waals surface area contributed by atoms with E-state index in [4.69, 9.17) is 4.74 Å². The van der Waals surface area contributed by atoms with Gasteiger partial charge in [0.15, 0.2) is 0 Å². The van der Waals surface area contributed by atoms with E-state index in [9.17, 15) is 14.4 Å². The Hall–Kier alpha value is -2.63. The predicted octanol–water partition coefficient (Wildman–Crippen LogP) is 3.14. The maximum Gasteiger partial charge on any atom is 0.422 e. The number of nitrogens with zero attached hydrogens (tertiary/aromatic N) is 1. The van der Waals surface area contributed by atoms with E-state index in [1.165, 1.54) is 20.1 Å². The highest BCUT2D eigenvalue weighted by Crippen LogP contribution is 2.18. The first-order chi connectivity index (χ1) is 10.7. The Balaban J connectivity index is 3.29. The second-order valence-electron chi connectivity index (χ2n) is 5.65. The van der Waals surface area contributed by atoms with E-state index in [1.54, 1.807) is 51.1 Å². The summed E-state index contributed by atoms with van der Waals surface area (Å²) in [5.74, 6) is -1.47. The molecule has 6 heteroatoms. The Bertz CT molecular complexity index is 614. The summed E-state index contributed by atoms with van der Waals surface area (Å²) in [5, 5.41) is 0. The van der Waals surface area contributed by atoms with E-state index >= 15 is 0 Å². The number of carbonyl (C=O) groups is 3. The van der Waals surface area contributed by atoms with E-state index in [0.717, 1.165) is 0 Å². The van der Waals surface area contributed by atoms with Crippen molar-refractivity contribution >= 4 is 18.0 Å². The number of hydrogen-bond acceptors (Lipinski definition) is 5. The summed E-state index contributed by atoms with van der Waals surface area (Å²) in [5.41, 5.74) is -0.765. The first kappa shape index (κ1) is 18.4. The number of imide groups is 1. The zero-order chi connectivity index (χ0) is 17.6. The van der Waals surface area contributed by atoms with Crippen LogP contribution in [0.25, 0.3) is 0 Å². The van der Waals surface area contributed by atoms with Crippen LogP contribution in [0.3, 0.4) is 0 Å². The van der Waals surface area contributed by atoms with Gasteiger partial charge in [-0.25, -0.2) is 14.5 Å². The van der Waals surface area contributed by atoms with Gasteiger partial charge in [0, 0.05) is 5.56 Å². The molecule has 1 rings (SSSR count). The summed E-state index contributed by atoms with van der Waals surface area (Å²) in [7, 11) is 1.17. The molecule has 0 atom stereocenters. The monoisotopic (exact) mass is 319 g/mol. The SMILES string of the molecule is C/C=C(\C(=O)OC)N(C(=O)OC(C)(C)C)C(=O)c1ccccc1. The minimum absolute atomic E-state index is 0.199. The number of allylic oxidation sites excluding steroid dienone is 1. The number of esters is 1. The van der Waals surface area contributed by atoms with E-state index in [0.29, 0.717) is 4.90 Å². The van der Waals surface area contributed by atoms with Crippen molar-refractivity contribution in [2.45, 2.75) is 33.3 Å². The van der Waals surface area contributed by atoms with Crippen molar-refractivity contribution in [1.29, 1.82) is 0 Å². The molecular formula is C17H21NO5. The van der Waals surface area contributed by atoms with Crippen LogP contribution >= 0.6 is 0 Å². The number of amides is 2. The van der Waals surface area contributed by atoms with E-state index in [1.807, 2.05) is 0 Å². The maximum absolute atomic E-state index is 12.7. The Labute approximate surface area is 135 Å². The number of rotatable bonds is 3. The van der Waals surface area contributed by atoms with Crippen LogP contribution in [0.5, 0.6) is 0 Å². The van der Waals surface area contributed by atoms with Gasteiger partial charge in [-0.05, 0) is 39.8 Å². The third-order valence-electron chi connectivity index (χ3n) is 2.71. The van der Waals surface area contributed by atoms with Crippen LogP contribution in [-0.4, -0.2) is 35.6 Å². The molecule has 0 bridgehead atoms. The van der Waals surface area contributed by atoms with Crippen LogP contribution in [0.15, 0.2) is 42.1 Å². The summed E-state index contributed by atoms with van der Waals surface area (Å²) in [6.07, 6.45) is 0.390. The molecule has 6 nitrogen and oxygen atoms in total. The maximum atomic E-state index is 12.7. The minimum atomic E-state index is -0.940. The molecule has 1 aromatic rings. The lowest BCUT2D eigenvalue weighted by molar-refractivity contribution is -0.137. The Morgan fingerprint density at radius 1 is 1.09 bits per heavy atom. The largest absolute Gasteiger partial charge is 0.464 e. The molecule has 0 aromatic heterocycles. The topological polar surface area (TPSA) is 72.9 Å². The summed E-state index contributed by atoms with van der Waals surface area (Å²) < 4.78 is 9.88. The predicted molar refractivity (Wildman–Crippen MR) is 84.6 cm³/mol. The van der Waals surface area contributed by atoms with Gasteiger partial charge >= 0.3 is 12.1 Å². The third-order valence-corrected chi connectivity index (χ3v) is 2.71. The summed E-state index contributed by atoms with van der Waals surface area (Å²) in [4.78, 5) is 37.7. The van der Waals surface area contributed by atoms with Crippen molar-refractivity contribution in [2.24, 2.45) is 0 Å². The highest BCUT2D eigenvalue weighted by Gasteiger charge is 2.34. The molecule has 0 heterocycles. The molecule has 0 saturated carbocycles. The summed E-state index contributed by atoms with van der Waals surface area (Å²) >= 11 is 0. The fourth-order valence-electron chi connectivity index (χ4n) is 1.75. The molecule has 0 fully saturated rings. The quantitative estimate of drug-likeness (QED) is 0.632. The van der Waals surface area contributed by atoms with Crippen LogP contribution in [0, 0.1) is 0 Å². The second kappa shape index (κ2) is 7.58. The average molecular weight is 319 g/mol. The Kier molecular flexibility index (Phi) is 6.07. The van der Waals surface area contributed by atoms with Crippen molar-refractivity contribution < 1.29 is 23.9 Å². The van der Waals surface area contributed by atoms with Crippen LogP contribution in [0.2, 0.25) is 0 Å². The summed E-state index contributed by atoms with van der Waals surface area (Å²) in [6, 6.07) is 8.15.